The number of aromatic nitrogens is 4. The van der Waals surface area contributed by atoms with Gasteiger partial charge in [0.1, 0.15) is 22.9 Å². The molecule has 2 atom stereocenters. The summed E-state index contributed by atoms with van der Waals surface area (Å²) in [5, 5.41) is 23.1. The van der Waals surface area contributed by atoms with Crippen LogP contribution in [0.4, 0.5) is 17.3 Å². The third kappa shape index (κ3) is 3.34. The Balaban J connectivity index is 1.28. The summed E-state index contributed by atoms with van der Waals surface area (Å²) in [6.45, 7) is 1.57. The number of carbonyl (C=O) groups is 1. The van der Waals surface area contributed by atoms with Crippen molar-refractivity contribution in [3.05, 3.63) is 46.5 Å². The molecule has 0 aromatic carbocycles. The van der Waals surface area contributed by atoms with E-state index in [-0.39, 0.29) is 29.0 Å². The first-order valence-electron chi connectivity index (χ1n) is 11.6. The van der Waals surface area contributed by atoms with Gasteiger partial charge < -0.3 is 30.4 Å². The van der Waals surface area contributed by atoms with E-state index in [1.165, 1.54) is 10.7 Å². The van der Waals surface area contributed by atoms with E-state index in [1.54, 1.807) is 23.7 Å². The molecule has 1 spiro atoms. The van der Waals surface area contributed by atoms with Crippen molar-refractivity contribution in [3.8, 4) is 0 Å². The third-order valence-corrected chi connectivity index (χ3v) is 7.31. The van der Waals surface area contributed by atoms with E-state index in [9.17, 15) is 14.7 Å². The lowest BCUT2D eigenvalue weighted by Gasteiger charge is -2.53. The number of carbonyl (C=O) groups excluding carboxylic acids is 1. The van der Waals surface area contributed by atoms with Gasteiger partial charge in [0.25, 0.3) is 11.5 Å². The maximum atomic E-state index is 13.2. The van der Waals surface area contributed by atoms with Gasteiger partial charge in [0.2, 0.25) is 0 Å². The Kier molecular flexibility index (Phi) is 4.85. The Morgan fingerprint density at radius 1 is 1.29 bits per heavy atom. The van der Waals surface area contributed by atoms with Gasteiger partial charge in [-0.1, -0.05) is 0 Å². The van der Waals surface area contributed by atoms with E-state index >= 15 is 0 Å². The number of anilines is 3. The predicted octanol–water partition coefficient (Wildman–Crippen LogP) is 1.28. The highest BCUT2D eigenvalue weighted by atomic mass is 16.5. The number of ether oxygens (including phenoxy) is 1. The Morgan fingerprint density at radius 2 is 2.12 bits per heavy atom. The standard InChI is InChI=1S/C23H27N7O4/c1-24-19-7-18(28-20-14(10-25-30(19)20)21(32)27-15-4-5-17(15)31)26-16-3-2-6-29(22(16)33)13-8-23(9-13)11-34-12-23/h2-3,6-7,10,13,15,17,24,31H,4-5,8-9,11-12H2,1H3,(H,26,28)(H,27,32)/t15-,17+/m1/s1. The molecular formula is C23H27N7O4. The lowest BCUT2D eigenvalue weighted by Crippen LogP contribution is -2.53. The van der Waals surface area contributed by atoms with Crippen molar-refractivity contribution in [3.63, 3.8) is 0 Å². The molecule has 3 aromatic heterocycles. The first-order valence-corrected chi connectivity index (χ1v) is 11.6. The molecule has 3 fully saturated rings. The number of pyridine rings is 1. The Hall–Kier alpha value is -3.44. The second-order valence-corrected chi connectivity index (χ2v) is 9.61. The normalized spacial score (nSPS) is 23.1. The van der Waals surface area contributed by atoms with Crippen molar-refractivity contribution in [2.75, 3.05) is 30.9 Å². The molecule has 178 valence electrons. The van der Waals surface area contributed by atoms with Gasteiger partial charge in [0.05, 0.1) is 31.6 Å². The minimum absolute atomic E-state index is 0.110. The molecule has 2 saturated carbocycles. The highest BCUT2D eigenvalue weighted by Gasteiger charge is 2.50. The second-order valence-electron chi connectivity index (χ2n) is 9.61. The molecule has 3 aliphatic rings. The van der Waals surface area contributed by atoms with Gasteiger partial charge >= 0.3 is 0 Å². The van der Waals surface area contributed by atoms with E-state index in [0.717, 1.165) is 32.5 Å². The first kappa shape index (κ1) is 21.1. The van der Waals surface area contributed by atoms with Gasteiger partial charge in [-0.3, -0.25) is 9.59 Å². The largest absolute Gasteiger partial charge is 0.391 e. The average Bonchev–Trinajstić information content (AvgIpc) is 3.20. The number of hydrogen-bond donors (Lipinski definition) is 4. The van der Waals surface area contributed by atoms with Gasteiger partial charge in [0, 0.05) is 30.8 Å². The number of aliphatic hydroxyl groups excluding tert-OH is 1. The fourth-order valence-corrected chi connectivity index (χ4v) is 5.06. The maximum absolute atomic E-state index is 13.2. The molecule has 1 aliphatic heterocycles. The topological polar surface area (TPSA) is 135 Å². The number of amides is 1. The summed E-state index contributed by atoms with van der Waals surface area (Å²) in [7, 11) is 1.75. The van der Waals surface area contributed by atoms with Gasteiger partial charge in [0.15, 0.2) is 5.65 Å². The molecule has 34 heavy (non-hydrogen) atoms. The number of fused-ring (bicyclic) bond motifs is 1. The Morgan fingerprint density at radius 3 is 2.76 bits per heavy atom. The van der Waals surface area contributed by atoms with E-state index in [4.69, 9.17) is 4.74 Å². The molecular weight excluding hydrogens is 438 g/mol. The van der Waals surface area contributed by atoms with Gasteiger partial charge in [-0.2, -0.15) is 9.61 Å². The summed E-state index contributed by atoms with van der Waals surface area (Å²) in [6.07, 6.45) is 6.09. The number of aliphatic hydroxyl groups is 1. The van der Waals surface area contributed by atoms with Crippen LogP contribution < -0.4 is 21.5 Å². The molecule has 0 unspecified atom stereocenters. The van der Waals surface area contributed by atoms with E-state index in [0.29, 0.717) is 35.0 Å². The van der Waals surface area contributed by atoms with Crippen molar-refractivity contribution < 1.29 is 14.6 Å². The molecule has 0 radical (unpaired) electrons. The molecule has 2 aliphatic carbocycles. The SMILES string of the molecule is CNc1cc(Nc2cccn(C3CC4(COC4)C3)c2=O)nc2c(C(=O)N[C@@H]3CC[C@@H]3O)cnn12. The average molecular weight is 466 g/mol. The fourth-order valence-electron chi connectivity index (χ4n) is 5.06. The van der Waals surface area contributed by atoms with Crippen LogP contribution in [0.5, 0.6) is 0 Å². The molecule has 1 saturated heterocycles. The number of nitrogens with one attached hydrogen (secondary N) is 3. The highest BCUT2D eigenvalue weighted by molar-refractivity contribution is 6.00. The summed E-state index contributed by atoms with van der Waals surface area (Å²) < 4.78 is 8.67. The van der Waals surface area contributed by atoms with Crippen molar-refractivity contribution in [2.24, 2.45) is 5.41 Å². The molecule has 4 heterocycles. The van der Waals surface area contributed by atoms with Crippen molar-refractivity contribution in [1.29, 1.82) is 0 Å². The summed E-state index contributed by atoms with van der Waals surface area (Å²) >= 11 is 0. The summed E-state index contributed by atoms with van der Waals surface area (Å²) in [4.78, 5) is 30.6. The van der Waals surface area contributed by atoms with Crippen LogP contribution in [0.1, 0.15) is 42.1 Å². The lowest BCUT2D eigenvalue weighted by molar-refractivity contribution is -0.174. The van der Waals surface area contributed by atoms with Gasteiger partial charge in [-0.15, -0.1) is 0 Å². The number of rotatable bonds is 6. The molecule has 0 bridgehead atoms. The molecule has 1 amide bonds. The van der Waals surface area contributed by atoms with Crippen LogP contribution in [0, 0.1) is 5.41 Å². The van der Waals surface area contributed by atoms with Crippen LogP contribution in [-0.4, -0.2) is 62.6 Å². The third-order valence-electron chi connectivity index (χ3n) is 7.31. The number of hydrogen-bond acceptors (Lipinski definition) is 8. The lowest BCUT2D eigenvalue weighted by atomic mass is 9.64. The monoisotopic (exact) mass is 465 g/mol. The molecule has 11 heteroatoms. The highest BCUT2D eigenvalue weighted by Crippen LogP contribution is 2.52. The van der Waals surface area contributed by atoms with Crippen LogP contribution in [0.3, 0.4) is 0 Å². The zero-order valence-corrected chi connectivity index (χ0v) is 18.8. The van der Waals surface area contributed by atoms with E-state index < -0.39 is 6.10 Å². The van der Waals surface area contributed by atoms with Gasteiger partial charge in [-0.25, -0.2) is 4.98 Å². The summed E-state index contributed by atoms with van der Waals surface area (Å²) in [6, 6.07) is 5.23. The quantitative estimate of drug-likeness (QED) is 0.428. The summed E-state index contributed by atoms with van der Waals surface area (Å²) in [5.74, 6) is 0.686. The van der Waals surface area contributed by atoms with Crippen molar-refractivity contribution in [2.45, 2.75) is 43.9 Å². The van der Waals surface area contributed by atoms with Crippen molar-refractivity contribution >= 4 is 28.9 Å². The Bertz CT molecular complexity index is 1320. The molecule has 11 nitrogen and oxygen atoms in total. The predicted molar refractivity (Wildman–Crippen MR) is 125 cm³/mol. The minimum atomic E-state index is -0.522. The van der Waals surface area contributed by atoms with Crippen LogP contribution in [0.25, 0.3) is 5.65 Å². The van der Waals surface area contributed by atoms with Gasteiger partial charge in [-0.05, 0) is 37.8 Å². The second kappa shape index (κ2) is 7.81. The van der Waals surface area contributed by atoms with Crippen LogP contribution in [0.15, 0.2) is 35.4 Å². The molecule has 3 aromatic rings. The van der Waals surface area contributed by atoms with E-state index in [1.807, 2.05) is 12.3 Å². The van der Waals surface area contributed by atoms with Crippen LogP contribution in [-0.2, 0) is 4.74 Å². The summed E-state index contributed by atoms with van der Waals surface area (Å²) in [5.41, 5.74) is 1.21. The zero-order chi connectivity index (χ0) is 23.4. The molecule has 4 N–H and O–H groups in total. The fraction of sp³-hybridized carbons (Fsp3) is 0.478. The number of nitrogens with zero attached hydrogens (tertiary/aromatic N) is 4. The minimum Gasteiger partial charge on any atom is -0.391 e. The smallest absolute Gasteiger partial charge is 0.274 e. The first-order chi connectivity index (χ1) is 16.5. The van der Waals surface area contributed by atoms with Crippen molar-refractivity contribution in [1.82, 2.24) is 24.5 Å². The molecule has 6 rings (SSSR count). The Labute approximate surface area is 195 Å². The van der Waals surface area contributed by atoms with Crippen LogP contribution in [0.2, 0.25) is 0 Å². The van der Waals surface area contributed by atoms with E-state index in [2.05, 4.69) is 26.0 Å². The van der Waals surface area contributed by atoms with Crippen LogP contribution >= 0.6 is 0 Å². The maximum Gasteiger partial charge on any atom is 0.274 e. The zero-order valence-electron chi connectivity index (χ0n) is 18.8.